The average molecular weight is 287 g/mol. The highest BCUT2D eigenvalue weighted by molar-refractivity contribution is 5.19. The molecule has 2 aliphatic heterocycles. The van der Waals surface area contributed by atoms with Crippen LogP contribution in [-0.4, -0.2) is 36.0 Å². The van der Waals surface area contributed by atoms with E-state index >= 15 is 0 Å². The maximum absolute atomic E-state index is 6.11. The van der Waals surface area contributed by atoms with Gasteiger partial charge >= 0.3 is 0 Å². The lowest BCUT2D eigenvalue weighted by Crippen LogP contribution is -2.47. The zero-order valence-electron chi connectivity index (χ0n) is 13.2. The number of benzene rings is 1. The minimum Gasteiger partial charge on any atom is -0.348 e. The van der Waals surface area contributed by atoms with E-state index in [9.17, 15) is 0 Å². The molecule has 0 amide bonds. The van der Waals surface area contributed by atoms with E-state index in [-0.39, 0.29) is 6.10 Å². The lowest BCUT2D eigenvalue weighted by atomic mass is 9.97. The summed E-state index contributed by atoms with van der Waals surface area (Å²) in [5.74, 6) is -0.451. The second-order valence-corrected chi connectivity index (χ2v) is 6.43. The molecule has 0 bridgehead atoms. The Labute approximate surface area is 127 Å². The molecule has 1 fully saturated rings. The number of ether oxygens (including phenoxy) is 2. The van der Waals surface area contributed by atoms with Gasteiger partial charge < -0.3 is 9.47 Å². The summed E-state index contributed by atoms with van der Waals surface area (Å²) in [5, 5.41) is 0. The highest BCUT2D eigenvalue weighted by atomic mass is 16.7. The molecule has 1 aromatic rings. The Morgan fingerprint density at radius 3 is 2.62 bits per heavy atom. The number of hydrogen-bond donors (Lipinski definition) is 0. The van der Waals surface area contributed by atoms with E-state index in [4.69, 9.17) is 9.47 Å². The van der Waals surface area contributed by atoms with Crippen molar-refractivity contribution in [2.24, 2.45) is 0 Å². The van der Waals surface area contributed by atoms with Crippen LogP contribution in [0.4, 0.5) is 0 Å². The van der Waals surface area contributed by atoms with Crippen LogP contribution in [0.15, 0.2) is 42.5 Å². The van der Waals surface area contributed by atoms with Crippen LogP contribution in [0, 0.1) is 0 Å². The molecule has 3 atom stereocenters. The second kappa shape index (κ2) is 5.91. The van der Waals surface area contributed by atoms with Gasteiger partial charge in [-0.3, -0.25) is 4.90 Å². The first-order valence-corrected chi connectivity index (χ1v) is 7.84. The normalized spacial score (nSPS) is 30.4. The van der Waals surface area contributed by atoms with Gasteiger partial charge in [-0.25, -0.2) is 0 Å². The van der Waals surface area contributed by atoms with Gasteiger partial charge in [0.1, 0.15) is 6.10 Å². The van der Waals surface area contributed by atoms with Crippen molar-refractivity contribution in [3.63, 3.8) is 0 Å². The summed E-state index contributed by atoms with van der Waals surface area (Å²) < 4.78 is 11.9. The lowest BCUT2D eigenvalue weighted by molar-refractivity contribution is -0.147. The molecule has 1 aromatic carbocycles. The molecule has 3 nitrogen and oxygen atoms in total. The molecule has 1 saturated heterocycles. The van der Waals surface area contributed by atoms with Crippen LogP contribution in [0.1, 0.15) is 38.8 Å². The van der Waals surface area contributed by atoms with E-state index in [0.29, 0.717) is 18.7 Å². The van der Waals surface area contributed by atoms with Crippen LogP contribution >= 0.6 is 0 Å². The first kappa shape index (κ1) is 14.8. The van der Waals surface area contributed by atoms with Crippen molar-refractivity contribution >= 4 is 0 Å². The third-order valence-corrected chi connectivity index (χ3v) is 4.53. The molecule has 0 aromatic heterocycles. The summed E-state index contributed by atoms with van der Waals surface area (Å²) in [4.78, 5) is 2.53. The predicted molar refractivity (Wildman–Crippen MR) is 84.0 cm³/mol. The third-order valence-electron chi connectivity index (χ3n) is 4.53. The molecule has 3 rings (SSSR count). The molecule has 0 radical (unpaired) electrons. The zero-order valence-corrected chi connectivity index (χ0v) is 13.2. The maximum atomic E-state index is 6.11. The molecule has 2 heterocycles. The van der Waals surface area contributed by atoms with Gasteiger partial charge in [-0.15, -0.1) is 0 Å². The fraction of sp³-hybridized carbons (Fsp3) is 0.556. The zero-order chi connectivity index (χ0) is 14.9. The molecule has 0 spiro atoms. The van der Waals surface area contributed by atoms with Gasteiger partial charge in [-0.2, -0.15) is 0 Å². The minimum atomic E-state index is -0.451. The molecule has 114 valence electrons. The van der Waals surface area contributed by atoms with Crippen molar-refractivity contribution in [1.82, 2.24) is 4.90 Å². The third kappa shape index (κ3) is 3.20. The average Bonchev–Trinajstić information content (AvgIpc) is 2.87. The second-order valence-electron chi connectivity index (χ2n) is 6.43. The molecule has 0 unspecified atom stereocenters. The monoisotopic (exact) mass is 287 g/mol. The Morgan fingerprint density at radius 2 is 1.95 bits per heavy atom. The minimum absolute atomic E-state index is 0.149. The molecule has 0 N–H and O–H groups in total. The van der Waals surface area contributed by atoms with Crippen LogP contribution in [0.3, 0.4) is 0 Å². The van der Waals surface area contributed by atoms with Gasteiger partial charge in [0, 0.05) is 18.6 Å². The van der Waals surface area contributed by atoms with Gasteiger partial charge in [0.15, 0.2) is 5.79 Å². The molecule has 0 saturated carbocycles. The van der Waals surface area contributed by atoms with Crippen molar-refractivity contribution in [2.75, 3.05) is 13.2 Å². The van der Waals surface area contributed by atoms with E-state index in [0.717, 1.165) is 13.0 Å². The van der Waals surface area contributed by atoms with Gasteiger partial charge in [-0.1, -0.05) is 42.5 Å². The van der Waals surface area contributed by atoms with Gasteiger partial charge in [-0.05, 0) is 32.8 Å². The quantitative estimate of drug-likeness (QED) is 0.794. The topological polar surface area (TPSA) is 21.7 Å². The number of nitrogens with zero attached hydrogens (tertiary/aromatic N) is 1. The van der Waals surface area contributed by atoms with Crippen molar-refractivity contribution in [2.45, 2.75) is 51.2 Å². The summed E-state index contributed by atoms with van der Waals surface area (Å²) in [6, 6.07) is 11.5. The SMILES string of the molecule is C[C@@H](c1ccccc1)N1CC=CC[C@@H]1[C@H]1COC(C)(C)O1. The molecule has 2 aliphatic rings. The maximum Gasteiger partial charge on any atom is 0.163 e. The van der Waals surface area contributed by atoms with Crippen LogP contribution < -0.4 is 0 Å². The van der Waals surface area contributed by atoms with Crippen LogP contribution in [0.25, 0.3) is 0 Å². The van der Waals surface area contributed by atoms with Gasteiger partial charge in [0.2, 0.25) is 0 Å². The van der Waals surface area contributed by atoms with Crippen LogP contribution in [-0.2, 0) is 9.47 Å². The fourth-order valence-corrected chi connectivity index (χ4v) is 3.34. The first-order chi connectivity index (χ1) is 10.1. The highest BCUT2D eigenvalue weighted by Gasteiger charge is 2.40. The van der Waals surface area contributed by atoms with E-state index in [1.54, 1.807) is 0 Å². The first-order valence-electron chi connectivity index (χ1n) is 7.84. The summed E-state index contributed by atoms with van der Waals surface area (Å²) in [6.45, 7) is 7.93. The van der Waals surface area contributed by atoms with Crippen molar-refractivity contribution in [3.05, 3.63) is 48.0 Å². The van der Waals surface area contributed by atoms with Crippen molar-refractivity contribution < 1.29 is 9.47 Å². The molecular weight excluding hydrogens is 262 g/mol. The number of hydrogen-bond acceptors (Lipinski definition) is 3. The smallest absolute Gasteiger partial charge is 0.163 e. The molecule has 0 aliphatic carbocycles. The van der Waals surface area contributed by atoms with E-state index in [1.165, 1.54) is 5.56 Å². The standard InChI is InChI=1S/C18H25NO2/c1-14(15-9-5-4-6-10-15)19-12-8-7-11-16(19)17-13-20-18(2,3)21-17/h4-10,14,16-17H,11-13H2,1-3H3/t14-,16+,17+/m0/s1. The molecule has 21 heavy (non-hydrogen) atoms. The van der Waals surface area contributed by atoms with Gasteiger partial charge in [0.05, 0.1) is 6.61 Å². The van der Waals surface area contributed by atoms with Crippen molar-refractivity contribution in [3.8, 4) is 0 Å². The lowest BCUT2D eigenvalue weighted by Gasteiger charge is -2.40. The Kier molecular flexibility index (Phi) is 4.16. The van der Waals surface area contributed by atoms with Crippen LogP contribution in [0.2, 0.25) is 0 Å². The van der Waals surface area contributed by atoms with Crippen molar-refractivity contribution in [1.29, 1.82) is 0 Å². The van der Waals surface area contributed by atoms with E-state index in [1.807, 2.05) is 13.8 Å². The van der Waals surface area contributed by atoms with Crippen LogP contribution in [0.5, 0.6) is 0 Å². The highest BCUT2D eigenvalue weighted by Crippen LogP contribution is 2.33. The van der Waals surface area contributed by atoms with E-state index in [2.05, 4.69) is 54.3 Å². The largest absolute Gasteiger partial charge is 0.348 e. The Balaban J connectivity index is 1.78. The summed E-state index contributed by atoms with van der Waals surface area (Å²) in [7, 11) is 0. The summed E-state index contributed by atoms with van der Waals surface area (Å²) >= 11 is 0. The van der Waals surface area contributed by atoms with E-state index < -0.39 is 5.79 Å². The Hall–Kier alpha value is -1.16. The molecular formula is C18H25NO2. The summed E-state index contributed by atoms with van der Waals surface area (Å²) in [5.41, 5.74) is 1.36. The number of rotatable bonds is 3. The van der Waals surface area contributed by atoms with Gasteiger partial charge in [0.25, 0.3) is 0 Å². The Bertz CT molecular complexity index is 497. The Morgan fingerprint density at radius 1 is 1.19 bits per heavy atom. The summed E-state index contributed by atoms with van der Waals surface area (Å²) in [6.07, 6.45) is 5.71. The fourth-order valence-electron chi connectivity index (χ4n) is 3.34. The predicted octanol–water partition coefficient (Wildman–Crippen LogP) is 3.53. The molecule has 3 heteroatoms.